The summed E-state index contributed by atoms with van der Waals surface area (Å²) in [6, 6.07) is 1.75. The van der Waals surface area contributed by atoms with Gasteiger partial charge >= 0.3 is 0 Å². The highest BCUT2D eigenvalue weighted by Crippen LogP contribution is 2.04. The molecule has 0 amide bonds. The number of aromatic nitrogens is 3. The third kappa shape index (κ3) is 1.64. The summed E-state index contributed by atoms with van der Waals surface area (Å²) < 4.78 is 4.84. The van der Waals surface area contributed by atoms with Crippen LogP contribution in [0, 0.1) is 0 Å². The summed E-state index contributed by atoms with van der Waals surface area (Å²) in [5.74, 6) is -0.0739. The van der Waals surface area contributed by atoms with E-state index in [-0.39, 0.29) is 5.78 Å². The summed E-state index contributed by atoms with van der Waals surface area (Å²) in [7, 11) is 0. The molecule has 0 spiro atoms. The fourth-order valence-corrected chi connectivity index (χ4v) is 1.01. The van der Waals surface area contributed by atoms with Gasteiger partial charge in [0.15, 0.2) is 5.78 Å². The number of Topliss-reactive ketones (excluding diaryl/α,β-unsaturated/α-hetero) is 1. The van der Waals surface area contributed by atoms with Gasteiger partial charge in [0.1, 0.15) is 5.69 Å². The Labute approximate surface area is 73.8 Å². The maximum atomic E-state index is 11.4. The number of nitrogens with one attached hydrogen (secondary N) is 1. The molecule has 0 bridgehead atoms. The molecule has 66 valence electrons. The van der Waals surface area contributed by atoms with Crippen LogP contribution >= 0.6 is 0 Å². The van der Waals surface area contributed by atoms with Gasteiger partial charge in [0, 0.05) is 6.42 Å². The van der Waals surface area contributed by atoms with Gasteiger partial charge in [0.2, 0.25) is 0 Å². The van der Waals surface area contributed by atoms with E-state index in [1.165, 1.54) is 18.7 Å². The van der Waals surface area contributed by atoms with Crippen LogP contribution in [0.25, 0.3) is 0 Å². The minimum Gasteiger partial charge on any atom is -0.472 e. The van der Waals surface area contributed by atoms with E-state index in [0.29, 0.717) is 12.1 Å². The molecule has 0 aliphatic heterocycles. The number of H-pyrrole nitrogens is 1. The lowest BCUT2D eigenvalue weighted by molar-refractivity contribution is 0.0988. The van der Waals surface area contributed by atoms with Crippen molar-refractivity contribution in [3.05, 3.63) is 36.0 Å². The molecule has 2 rings (SSSR count). The van der Waals surface area contributed by atoms with Crippen molar-refractivity contribution < 1.29 is 9.21 Å². The molecule has 0 aliphatic rings. The van der Waals surface area contributed by atoms with Crippen LogP contribution in [0.15, 0.2) is 29.2 Å². The molecule has 0 saturated heterocycles. The summed E-state index contributed by atoms with van der Waals surface area (Å²) in [5, 5.41) is 9.62. The fraction of sp³-hybridized carbons (Fsp3) is 0.125. The number of ketones is 1. The van der Waals surface area contributed by atoms with Crippen LogP contribution in [0.1, 0.15) is 16.1 Å². The van der Waals surface area contributed by atoms with Crippen molar-refractivity contribution in [1.82, 2.24) is 15.4 Å². The van der Waals surface area contributed by atoms with Crippen molar-refractivity contribution in [3.63, 3.8) is 0 Å². The zero-order valence-corrected chi connectivity index (χ0v) is 6.73. The Morgan fingerprint density at radius 3 is 3.15 bits per heavy atom. The zero-order valence-electron chi connectivity index (χ0n) is 6.73. The predicted octanol–water partition coefficient (Wildman–Crippen LogP) is 0.823. The van der Waals surface area contributed by atoms with Gasteiger partial charge < -0.3 is 4.42 Å². The van der Waals surface area contributed by atoms with E-state index in [1.54, 1.807) is 6.07 Å². The van der Waals surface area contributed by atoms with Gasteiger partial charge in [-0.15, -0.1) is 0 Å². The van der Waals surface area contributed by atoms with E-state index < -0.39 is 0 Å². The average Bonchev–Trinajstić information content (AvgIpc) is 2.74. The molecule has 2 aromatic heterocycles. The molecule has 13 heavy (non-hydrogen) atoms. The van der Waals surface area contributed by atoms with Crippen molar-refractivity contribution >= 4 is 5.78 Å². The number of rotatable bonds is 3. The van der Waals surface area contributed by atoms with Gasteiger partial charge in [-0.1, -0.05) is 0 Å². The normalized spacial score (nSPS) is 10.2. The Balaban J connectivity index is 2.08. The lowest BCUT2D eigenvalue weighted by Gasteiger charge is -1.90. The number of hydrogen-bond acceptors (Lipinski definition) is 4. The molecule has 0 aliphatic carbocycles. The van der Waals surface area contributed by atoms with Crippen LogP contribution in [0.5, 0.6) is 0 Å². The third-order valence-corrected chi connectivity index (χ3v) is 1.65. The molecule has 0 atom stereocenters. The Kier molecular flexibility index (Phi) is 1.91. The van der Waals surface area contributed by atoms with Crippen LogP contribution in [-0.2, 0) is 6.42 Å². The molecule has 0 saturated carbocycles. The standard InChI is InChI=1S/C8H7N3O2/c12-8(7-4-9-11-10-7)3-6-1-2-13-5-6/h1-2,4-5H,3H2,(H,9,10,11). The maximum Gasteiger partial charge on any atom is 0.189 e. The van der Waals surface area contributed by atoms with Gasteiger partial charge in [0.05, 0.1) is 18.7 Å². The molecule has 0 aromatic carbocycles. The lowest BCUT2D eigenvalue weighted by atomic mass is 10.1. The molecular weight excluding hydrogens is 170 g/mol. The smallest absolute Gasteiger partial charge is 0.189 e. The first kappa shape index (κ1) is 7.72. The highest BCUT2D eigenvalue weighted by molar-refractivity contribution is 5.95. The second-order valence-corrected chi connectivity index (χ2v) is 2.59. The molecule has 0 unspecified atom stereocenters. The summed E-state index contributed by atoms with van der Waals surface area (Å²) in [4.78, 5) is 11.4. The number of carbonyl (C=O) groups excluding carboxylic acids is 1. The molecule has 0 fully saturated rings. The van der Waals surface area contributed by atoms with Gasteiger partial charge in [-0.05, 0) is 11.6 Å². The summed E-state index contributed by atoms with van der Waals surface area (Å²) >= 11 is 0. The monoisotopic (exact) mass is 177 g/mol. The van der Waals surface area contributed by atoms with E-state index >= 15 is 0 Å². The van der Waals surface area contributed by atoms with Crippen LogP contribution in [0.4, 0.5) is 0 Å². The van der Waals surface area contributed by atoms with Gasteiger partial charge in [-0.3, -0.25) is 4.79 Å². The number of hydrogen-bond donors (Lipinski definition) is 1. The predicted molar refractivity (Wildman–Crippen MR) is 43.1 cm³/mol. The number of carbonyl (C=O) groups is 1. The fourth-order valence-electron chi connectivity index (χ4n) is 1.01. The van der Waals surface area contributed by atoms with Gasteiger partial charge in [0.25, 0.3) is 0 Å². The van der Waals surface area contributed by atoms with Gasteiger partial charge in [-0.25, -0.2) is 0 Å². The van der Waals surface area contributed by atoms with Crippen molar-refractivity contribution in [2.24, 2.45) is 0 Å². The van der Waals surface area contributed by atoms with Gasteiger partial charge in [-0.2, -0.15) is 15.4 Å². The van der Waals surface area contributed by atoms with Crippen molar-refractivity contribution in [2.45, 2.75) is 6.42 Å². The summed E-state index contributed by atoms with van der Waals surface area (Å²) in [6.45, 7) is 0. The molecule has 2 heterocycles. The van der Waals surface area contributed by atoms with Crippen molar-refractivity contribution in [1.29, 1.82) is 0 Å². The summed E-state index contributed by atoms with van der Waals surface area (Å²) in [5.41, 5.74) is 1.19. The SMILES string of the molecule is O=C(Cc1ccoc1)c1cn[nH]n1. The first-order valence-electron chi connectivity index (χ1n) is 3.76. The van der Waals surface area contributed by atoms with Crippen molar-refractivity contribution in [3.8, 4) is 0 Å². The van der Waals surface area contributed by atoms with Crippen LogP contribution < -0.4 is 0 Å². The Morgan fingerprint density at radius 2 is 2.54 bits per heavy atom. The second-order valence-electron chi connectivity index (χ2n) is 2.59. The molecule has 1 N–H and O–H groups in total. The first-order chi connectivity index (χ1) is 6.36. The third-order valence-electron chi connectivity index (χ3n) is 1.65. The quantitative estimate of drug-likeness (QED) is 0.704. The van der Waals surface area contributed by atoms with E-state index in [4.69, 9.17) is 4.42 Å². The summed E-state index contributed by atoms with van der Waals surface area (Å²) in [6.07, 6.45) is 4.77. The molecule has 2 aromatic rings. The molecular formula is C8H7N3O2. The van der Waals surface area contributed by atoms with Crippen LogP contribution in [-0.4, -0.2) is 21.2 Å². The lowest BCUT2D eigenvalue weighted by Crippen LogP contribution is -2.02. The minimum absolute atomic E-state index is 0.0739. The largest absolute Gasteiger partial charge is 0.472 e. The van der Waals surface area contributed by atoms with Crippen LogP contribution in [0.2, 0.25) is 0 Å². The zero-order chi connectivity index (χ0) is 9.10. The molecule has 5 nitrogen and oxygen atoms in total. The Hall–Kier alpha value is -1.91. The average molecular weight is 177 g/mol. The number of nitrogens with zero attached hydrogens (tertiary/aromatic N) is 2. The highest BCUT2D eigenvalue weighted by atomic mass is 16.3. The minimum atomic E-state index is -0.0739. The Morgan fingerprint density at radius 1 is 1.62 bits per heavy atom. The van der Waals surface area contributed by atoms with E-state index in [2.05, 4.69) is 15.4 Å². The maximum absolute atomic E-state index is 11.4. The Bertz CT molecular complexity index is 377. The van der Waals surface area contributed by atoms with Crippen molar-refractivity contribution in [2.75, 3.05) is 0 Å². The van der Waals surface area contributed by atoms with E-state index in [0.717, 1.165) is 5.56 Å². The number of aromatic amines is 1. The topological polar surface area (TPSA) is 71.8 Å². The number of furan rings is 1. The second kappa shape index (κ2) is 3.22. The van der Waals surface area contributed by atoms with E-state index in [9.17, 15) is 4.79 Å². The highest BCUT2D eigenvalue weighted by Gasteiger charge is 2.09. The first-order valence-corrected chi connectivity index (χ1v) is 3.76. The molecule has 5 heteroatoms. The molecule has 0 radical (unpaired) electrons. The van der Waals surface area contributed by atoms with E-state index in [1.807, 2.05) is 0 Å². The van der Waals surface area contributed by atoms with Crippen LogP contribution in [0.3, 0.4) is 0 Å².